The summed E-state index contributed by atoms with van der Waals surface area (Å²) in [6.07, 6.45) is 0. The highest BCUT2D eigenvalue weighted by Gasteiger charge is 2.29. The van der Waals surface area contributed by atoms with Gasteiger partial charge in [-0.2, -0.15) is 0 Å². The SMILES string of the molecule is c1ccc(-c2nc(-c3ccccc3)nc(-c3cccc(-n4c5ccccc5c5c(-c6ccccc6)c(-c6ccccc6)c(-c6ccccc6)c(-c6ccccc6)c54)c3)n2)cc1. The maximum Gasteiger partial charge on any atom is 0.164 e. The van der Waals surface area contributed by atoms with Crippen molar-refractivity contribution in [1.29, 1.82) is 0 Å². The summed E-state index contributed by atoms with van der Waals surface area (Å²) < 4.78 is 2.46. The maximum atomic E-state index is 5.13. The zero-order valence-corrected chi connectivity index (χ0v) is 33.2. The first-order valence-electron chi connectivity index (χ1n) is 20.6. The summed E-state index contributed by atoms with van der Waals surface area (Å²) in [5, 5.41) is 2.37. The Kier molecular flexibility index (Phi) is 9.14. The van der Waals surface area contributed by atoms with E-state index in [4.69, 9.17) is 15.0 Å². The van der Waals surface area contributed by atoms with Gasteiger partial charge in [0.15, 0.2) is 17.5 Å². The zero-order chi connectivity index (χ0) is 40.5. The van der Waals surface area contributed by atoms with Crippen LogP contribution >= 0.6 is 0 Å². The third-order valence-electron chi connectivity index (χ3n) is 11.4. The first kappa shape index (κ1) is 35.9. The van der Waals surface area contributed by atoms with Gasteiger partial charge >= 0.3 is 0 Å². The normalized spacial score (nSPS) is 11.3. The Morgan fingerprint density at radius 2 is 0.639 bits per heavy atom. The summed E-state index contributed by atoms with van der Waals surface area (Å²) in [5.74, 6) is 1.87. The van der Waals surface area contributed by atoms with Crippen LogP contribution in [0.25, 0.3) is 106 Å². The van der Waals surface area contributed by atoms with Crippen LogP contribution in [-0.2, 0) is 0 Å². The zero-order valence-electron chi connectivity index (χ0n) is 33.2. The monoisotopic (exact) mass is 778 g/mol. The Morgan fingerprint density at radius 3 is 1.13 bits per heavy atom. The van der Waals surface area contributed by atoms with Gasteiger partial charge in [0.25, 0.3) is 0 Å². The molecule has 0 aliphatic heterocycles. The van der Waals surface area contributed by atoms with Gasteiger partial charge in [0.2, 0.25) is 0 Å². The molecule has 0 saturated heterocycles. The lowest BCUT2D eigenvalue weighted by molar-refractivity contribution is 1.07. The summed E-state index contributed by atoms with van der Waals surface area (Å²) in [5.41, 5.74) is 15.4. The molecule has 9 aromatic carbocycles. The summed E-state index contributed by atoms with van der Waals surface area (Å²) in [4.78, 5) is 15.2. The molecule has 0 bridgehead atoms. The van der Waals surface area contributed by atoms with E-state index in [0.717, 1.165) is 55.7 Å². The number of aromatic nitrogens is 4. The standard InChI is InChI=1S/C57H38N4/c1-7-22-39(23-8-1)49-50(40-24-9-2-10-25-40)52(42-28-13-4-14-29-42)54-53(51(49)41-26-11-3-12-27-41)47-36-19-20-37-48(47)61(54)46-35-21-34-45(38-46)57-59-55(43-30-15-5-16-31-43)58-56(60-57)44-32-17-6-18-33-44/h1-38H. The van der Waals surface area contributed by atoms with Crippen LogP contribution < -0.4 is 0 Å². The summed E-state index contributed by atoms with van der Waals surface area (Å²) >= 11 is 0. The molecule has 0 saturated carbocycles. The van der Waals surface area contributed by atoms with E-state index in [1.807, 2.05) is 60.7 Å². The lowest BCUT2D eigenvalue weighted by atomic mass is 9.80. The molecule has 4 heteroatoms. The molecule has 11 aromatic rings. The topological polar surface area (TPSA) is 43.6 Å². The molecule has 2 aromatic heterocycles. The van der Waals surface area contributed by atoms with E-state index in [2.05, 4.69) is 174 Å². The molecule has 0 spiro atoms. The number of fused-ring (bicyclic) bond motifs is 3. The summed E-state index contributed by atoms with van der Waals surface area (Å²) in [6.45, 7) is 0. The number of hydrogen-bond acceptors (Lipinski definition) is 3. The Balaban J connectivity index is 1.28. The summed E-state index contributed by atoms with van der Waals surface area (Å²) in [6, 6.07) is 81.3. The van der Waals surface area contributed by atoms with Crippen molar-refractivity contribution in [3.05, 3.63) is 231 Å². The van der Waals surface area contributed by atoms with Crippen molar-refractivity contribution in [3.8, 4) is 84.4 Å². The fourth-order valence-electron chi connectivity index (χ4n) is 8.78. The van der Waals surface area contributed by atoms with E-state index in [0.29, 0.717) is 17.5 Å². The molecule has 61 heavy (non-hydrogen) atoms. The number of para-hydroxylation sites is 1. The van der Waals surface area contributed by atoms with Crippen LogP contribution in [0.4, 0.5) is 0 Å². The molecule has 0 unspecified atom stereocenters. The van der Waals surface area contributed by atoms with Crippen LogP contribution in [0.5, 0.6) is 0 Å². The molecule has 11 rings (SSSR count). The lowest BCUT2D eigenvalue weighted by Gasteiger charge is -2.24. The van der Waals surface area contributed by atoms with Crippen LogP contribution in [0.2, 0.25) is 0 Å². The second-order valence-corrected chi connectivity index (χ2v) is 15.1. The minimum Gasteiger partial charge on any atom is -0.309 e. The third-order valence-corrected chi connectivity index (χ3v) is 11.4. The minimum atomic E-state index is 0.611. The molecule has 0 radical (unpaired) electrons. The van der Waals surface area contributed by atoms with Gasteiger partial charge in [-0.05, 0) is 46.0 Å². The highest BCUT2D eigenvalue weighted by atomic mass is 15.0. The fraction of sp³-hybridized carbons (Fsp3) is 0. The predicted molar refractivity (Wildman–Crippen MR) is 252 cm³/mol. The van der Waals surface area contributed by atoms with Crippen molar-refractivity contribution in [2.75, 3.05) is 0 Å². The highest BCUT2D eigenvalue weighted by molar-refractivity contribution is 6.26. The van der Waals surface area contributed by atoms with E-state index in [1.165, 1.54) is 33.0 Å². The second kappa shape index (κ2) is 15.5. The van der Waals surface area contributed by atoms with E-state index in [1.54, 1.807) is 0 Å². The van der Waals surface area contributed by atoms with Gasteiger partial charge in [0.1, 0.15) is 0 Å². The van der Waals surface area contributed by atoms with Crippen molar-refractivity contribution in [1.82, 2.24) is 19.5 Å². The maximum absolute atomic E-state index is 5.13. The van der Waals surface area contributed by atoms with Gasteiger partial charge in [0.05, 0.1) is 11.0 Å². The lowest BCUT2D eigenvalue weighted by Crippen LogP contribution is -2.02. The molecular weight excluding hydrogens is 741 g/mol. The quantitative estimate of drug-likeness (QED) is 0.154. The minimum absolute atomic E-state index is 0.611. The van der Waals surface area contributed by atoms with Gasteiger partial charge in [-0.15, -0.1) is 0 Å². The second-order valence-electron chi connectivity index (χ2n) is 15.1. The van der Waals surface area contributed by atoms with E-state index in [-0.39, 0.29) is 0 Å². The van der Waals surface area contributed by atoms with Gasteiger partial charge in [0, 0.05) is 49.8 Å². The van der Waals surface area contributed by atoms with Crippen LogP contribution in [0, 0.1) is 0 Å². The van der Waals surface area contributed by atoms with Gasteiger partial charge in [-0.3, -0.25) is 0 Å². The van der Waals surface area contributed by atoms with E-state index in [9.17, 15) is 0 Å². The third kappa shape index (κ3) is 6.48. The largest absolute Gasteiger partial charge is 0.309 e. The Bertz CT molecular complexity index is 3250. The van der Waals surface area contributed by atoms with Crippen molar-refractivity contribution in [2.24, 2.45) is 0 Å². The molecule has 0 amide bonds. The van der Waals surface area contributed by atoms with Crippen molar-refractivity contribution in [2.45, 2.75) is 0 Å². The van der Waals surface area contributed by atoms with Crippen LogP contribution in [0.1, 0.15) is 0 Å². The molecule has 0 fully saturated rings. The van der Waals surface area contributed by atoms with Crippen LogP contribution in [0.15, 0.2) is 231 Å². The van der Waals surface area contributed by atoms with Gasteiger partial charge in [-0.25, -0.2) is 15.0 Å². The number of hydrogen-bond donors (Lipinski definition) is 0. The average Bonchev–Trinajstić information content (AvgIpc) is 3.69. The van der Waals surface area contributed by atoms with E-state index >= 15 is 0 Å². The van der Waals surface area contributed by atoms with Crippen LogP contribution in [-0.4, -0.2) is 19.5 Å². The fourth-order valence-corrected chi connectivity index (χ4v) is 8.78. The number of nitrogens with zero attached hydrogens (tertiary/aromatic N) is 4. The molecule has 4 nitrogen and oxygen atoms in total. The molecular formula is C57H38N4. The van der Waals surface area contributed by atoms with E-state index < -0.39 is 0 Å². The van der Waals surface area contributed by atoms with Crippen molar-refractivity contribution in [3.63, 3.8) is 0 Å². The van der Waals surface area contributed by atoms with Crippen molar-refractivity contribution < 1.29 is 0 Å². The Morgan fingerprint density at radius 1 is 0.279 bits per heavy atom. The molecule has 0 atom stereocenters. The first-order chi connectivity index (χ1) is 30.3. The molecule has 286 valence electrons. The van der Waals surface area contributed by atoms with Gasteiger partial charge in [-0.1, -0.05) is 212 Å². The molecule has 0 aliphatic carbocycles. The smallest absolute Gasteiger partial charge is 0.164 e. The highest BCUT2D eigenvalue weighted by Crippen LogP contribution is 2.53. The Hall–Kier alpha value is -8.21. The number of rotatable bonds is 8. The predicted octanol–water partition coefficient (Wildman–Crippen LogP) is 14.6. The first-order valence-corrected chi connectivity index (χ1v) is 20.6. The molecule has 2 heterocycles. The number of benzene rings is 9. The average molecular weight is 779 g/mol. The van der Waals surface area contributed by atoms with Gasteiger partial charge < -0.3 is 4.57 Å². The molecule has 0 N–H and O–H groups in total. The van der Waals surface area contributed by atoms with Crippen molar-refractivity contribution >= 4 is 21.8 Å². The molecule has 0 aliphatic rings. The summed E-state index contributed by atoms with van der Waals surface area (Å²) in [7, 11) is 0. The Labute approximate surface area is 354 Å². The van der Waals surface area contributed by atoms with Crippen LogP contribution in [0.3, 0.4) is 0 Å².